The van der Waals surface area contributed by atoms with Crippen molar-refractivity contribution in [2.24, 2.45) is 0 Å². The van der Waals surface area contributed by atoms with E-state index in [9.17, 15) is 14.3 Å². The number of halogens is 2. The molecule has 3 aromatic carbocycles. The predicted octanol–water partition coefficient (Wildman–Crippen LogP) is 8.20. The van der Waals surface area contributed by atoms with Crippen molar-refractivity contribution in [3.05, 3.63) is 94.2 Å². The van der Waals surface area contributed by atoms with Crippen LogP contribution in [0.3, 0.4) is 0 Å². The van der Waals surface area contributed by atoms with Gasteiger partial charge in [0, 0.05) is 39.1 Å². The Hall–Kier alpha value is -4.63. The molecule has 0 saturated carbocycles. The Morgan fingerprint density at radius 1 is 0.978 bits per heavy atom. The van der Waals surface area contributed by atoms with Gasteiger partial charge in [-0.3, -0.25) is 0 Å². The van der Waals surface area contributed by atoms with Crippen molar-refractivity contribution >= 4 is 11.6 Å². The molecule has 0 unspecified atom stereocenters. The van der Waals surface area contributed by atoms with Crippen LogP contribution in [-0.2, 0) is 16.0 Å². The zero-order valence-corrected chi connectivity index (χ0v) is 26.2. The lowest BCUT2D eigenvalue weighted by Crippen LogP contribution is -2.29. The summed E-state index contributed by atoms with van der Waals surface area (Å²) in [5.74, 6) is -1.83. The summed E-state index contributed by atoms with van der Waals surface area (Å²) in [5, 5.41) is 15.5. The summed E-state index contributed by atoms with van der Waals surface area (Å²) >= 11 is 0. The van der Waals surface area contributed by atoms with Gasteiger partial charge in [-0.1, -0.05) is 36.4 Å². The van der Waals surface area contributed by atoms with Crippen LogP contribution < -0.4 is 4.74 Å². The summed E-state index contributed by atoms with van der Waals surface area (Å²) in [6, 6.07) is 15.4. The minimum absolute atomic E-state index is 0.231. The number of benzene rings is 3. The number of aromatic nitrogens is 3. The van der Waals surface area contributed by atoms with Crippen LogP contribution in [-0.4, -0.2) is 37.9 Å². The molecule has 1 aliphatic heterocycles. The van der Waals surface area contributed by atoms with E-state index in [2.05, 4.69) is 0 Å². The van der Waals surface area contributed by atoms with Crippen LogP contribution in [0.5, 0.6) is 5.75 Å². The molecule has 0 aliphatic carbocycles. The third-order valence-corrected chi connectivity index (χ3v) is 8.19. The molecule has 0 bridgehead atoms. The van der Waals surface area contributed by atoms with Gasteiger partial charge in [-0.05, 0) is 83.7 Å². The maximum atomic E-state index is 15.7. The Labute approximate surface area is 260 Å². The van der Waals surface area contributed by atoms with Crippen molar-refractivity contribution in [3.8, 4) is 39.4 Å². The molecular formula is C36H35F2N3O4. The maximum absolute atomic E-state index is 15.7. The number of ether oxygens (including phenoxy) is 2. The predicted molar refractivity (Wildman–Crippen MR) is 168 cm³/mol. The molecule has 0 radical (unpaired) electrons. The van der Waals surface area contributed by atoms with Gasteiger partial charge in [0.05, 0.1) is 23.6 Å². The lowest BCUT2D eigenvalue weighted by molar-refractivity contribution is -0.160. The molecule has 5 aromatic rings. The molecule has 0 amide bonds. The fourth-order valence-corrected chi connectivity index (χ4v) is 6.15. The van der Waals surface area contributed by atoms with Gasteiger partial charge < -0.3 is 14.6 Å². The highest BCUT2D eigenvalue weighted by Crippen LogP contribution is 2.42. The van der Waals surface area contributed by atoms with Gasteiger partial charge >= 0.3 is 5.97 Å². The van der Waals surface area contributed by atoms with Gasteiger partial charge in [-0.15, -0.1) is 0 Å². The summed E-state index contributed by atoms with van der Waals surface area (Å²) in [5.41, 5.74) is 5.98. The van der Waals surface area contributed by atoms with E-state index in [0.717, 1.165) is 28.7 Å². The van der Waals surface area contributed by atoms with E-state index in [-0.39, 0.29) is 11.6 Å². The van der Waals surface area contributed by atoms with Crippen LogP contribution in [0.1, 0.15) is 61.2 Å². The second-order valence-electron chi connectivity index (χ2n) is 12.5. The smallest absolute Gasteiger partial charge is 0.337 e. The molecule has 3 heterocycles. The average Bonchev–Trinajstić information content (AvgIpc) is 3.32. The summed E-state index contributed by atoms with van der Waals surface area (Å²) in [6.07, 6.45) is -0.0477. The molecular weight excluding hydrogens is 576 g/mol. The fourth-order valence-electron chi connectivity index (χ4n) is 6.15. The highest BCUT2D eigenvalue weighted by molar-refractivity contribution is 5.84. The highest BCUT2D eigenvalue weighted by Gasteiger charge is 2.35. The molecule has 0 fully saturated rings. The number of carboxylic acid groups (broad SMARTS) is 1. The van der Waals surface area contributed by atoms with Crippen LogP contribution >= 0.6 is 0 Å². The molecule has 232 valence electrons. The maximum Gasteiger partial charge on any atom is 0.337 e. The van der Waals surface area contributed by atoms with Crippen molar-refractivity contribution < 1.29 is 28.2 Å². The Morgan fingerprint density at radius 2 is 1.71 bits per heavy atom. The van der Waals surface area contributed by atoms with Crippen molar-refractivity contribution in [2.45, 2.75) is 66.1 Å². The van der Waals surface area contributed by atoms with Gasteiger partial charge in [0.15, 0.2) is 23.3 Å². The first-order valence-corrected chi connectivity index (χ1v) is 15.0. The van der Waals surface area contributed by atoms with Gasteiger partial charge in [0.1, 0.15) is 5.82 Å². The highest BCUT2D eigenvalue weighted by atomic mass is 19.1. The average molecular weight is 612 g/mol. The third kappa shape index (κ3) is 5.46. The van der Waals surface area contributed by atoms with Crippen LogP contribution in [0.2, 0.25) is 0 Å². The van der Waals surface area contributed by atoms with Gasteiger partial charge in [0.25, 0.3) is 0 Å². The zero-order valence-electron chi connectivity index (χ0n) is 26.2. The van der Waals surface area contributed by atoms with E-state index < -0.39 is 23.5 Å². The standard InChI is InChI=1S/C36H35F2N3O4/c1-19-24-14-10-16-44-32(24)28(38)18-26(19)31-29(33(35(42)43)45-36(4,5)6)21(3)39-34-20(2)30(40-41(31)34)23-12-9-11-22(17-23)25-13-7-8-15-27(25)37/h7-9,11-13,15,17-18,33H,10,14,16H2,1-6H3,(H,42,43)/t33-/m0/s1. The van der Waals surface area contributed by atoms with Gasteiger partial charge in [-0.2, -0.15) is 5.10 Å². The van der Waals surface area contributed by atoms with Crippen molar-refractivity contribution in [1.29, 1.82) is 0 Å². The topological polar surface area (TPSA) is 86.0 Å². The number of hydrogen-bond acceptors (Lipinski definition) is 5. The van der Waals surface area contributed by atoms with E-state index in [1.165, 1.54) is 12.1 Å². The van der Waals surface area contributed by atoms with Crippen LogP contribution in [0.25, 0.3) is 39.3 Å². The molecule has 6 rings (SSSR count). The van der Waals surface area contributed by atoms with Gasteiger partial charge in [-0.25, -0.2) is 23.1 Å². The zero-order chi connectivity index (χ0) is 32.2. The van der Waals surface area contributed by atoms with Crippen molar-refractivity contribution in [2.75, 3.05) is 6.61 Å². The summed E-state index contributed by atoms with van der Waals surface area (Å²) in [6.45, 7) is 11.3. The fraction of sp³-hybridized carbons (Fsp3) is 0.306. The number of nitrogens with zero attached hydrogens (tertiary/aromatic N) is 3. The molecule has 45 heavy (non-hydrogen) atoms. The van der Waals surface area contributed by atoms with Crippen molar-refractivity contribution in [3.63, 3.8) is 0 Å². The number of hydrogen-bond donors (Lipinski definition) is 1. The quantitative estimate of drug-likeness (QED) is 0.208. The molecule has 7 nitrogen and oxygen atoms in total. The number of aryl methyl sites for hydroxylation is 2. The minimum atomic E-state index is -1.41. The third-order valence-electron chi connectivity index (χ3n) is 8.19. The first-order valence-electron chi connectivity index (χ1n) is 15.0. The number of carbonyl (C=O) groups is 1. The number of rotatable bonds is 6. The van der Waals surface area contributed by atoms with E-state index in [1.54, 1.807) is 50.4 Å². The Morgan fingerprint density at radius 3 is 2.42 bits per heavy atom. The number of carboxylic acids is 1. The van der Waals surface area contributed by atoms with E-state index >= 15 is 4.39 Å². The van der Waals surface area contributed by atoms with Crippen molar-refractivity contribution in [1.82, 2.24) is 14.6 Å². The summed E-state index contributed by atoms with van der Waals surface area (Å²) in [4.78, 5) is 17.7. The van der Waals surface area contributed by atoms with E-state index in [1.807, 2.05) is 38.1 Å². The molecule has 9 heteroatoms. The second-order valence-corrected chi connectivity index (χ2v) is 12.5. The SMILES string of the molecule is Cc1nc2c(C)c(-c3cccc(-c4ccccc4F)c3)nn2c(-c2cc(F)c3c(c2C)CCCO3)c1[C@H](OC(C)(C)C)C(=O)O. The molecule has 1 atom stereocenters. The summed E-state index contributed by atoms with van der Waals surface area (Å²) < 4.78 is 43.8. The normalized spacial score (nSPS) is 13.9. The Kier molecular flexibility index (Phi) is 7.69. The Balaban J connectivity index is 1.67. The molecule has 0 spiro atoms. The number of fused-ring (bicyclic) bond motifs is 2. The monoisotopic (exact) mass is 611 g/mol. The Bertz CT molecular complexity index is 1980. The lowest BCUT2D eigenvalue weighted by Gasteiger charge is -2.28. The van der Waals surface area contributed by atoms with Crippen LogP contribution in [0.4, 0.5) is 8.78 Å². The van der Waals surface area contributed by atoms with E-state index in [0.29, 0.717) is 58.0 Å². The second kappa shape index (κ2) is 11.4. The molecule has 2 aromatic heterocycles. The van der Waals surface area contributed by atoms with Crippen LogP contribution in [0, 0.1) is 32.4 Å². The first-order chi connectivity index (χ1) is 21.4. The minimum Gasteiger partial charge on any atom is -0.490 e. The number of aliphatic carboxylic acids is 1. The van der Waals surface area contributed by atoms with E-state index in [4.69, 9.17) is 19.6 Å². The molecule has 1 aliphatic rings. The largest absolute Gasteiger partial charge is 0.490 e. The van der Waals surface area contributed by atoms with Gasteiger partial charge in [0.2, 0.25) is 0 Å². The summed E-state index contributed by atoms with van der Waals surface area (Å²) in [7, 11) is 0. The first kappa shape index (κ1) is 30.4. The molecule has 0 saturated heterocycles. The molecule has 1 N–H and O–H groups in total. The lowest BCUT2D eigenvalue weighted by atomic mass is 9.91. The van der Waals surface area contributed by atoms with Crippen LogP contribution in [0.15, 0.2) is 54.6 Å².